The van der Waals surface area contributed by atoms with Crippen LogP contribution in [0.1, 0.15) is 35.7 Å². The lowest BCUT2D eigenvalue weighted by Gasteiger charge is -2.28. The minimum absolute atomic E-state index is 0.0909. The van der Waals surface area contributed by atoms with Gasteiger partial charge in [-0.25, -0.2) is 0 Å². The largest absolute Gasteiger partial charge is 0.331 e. The lowest BCUT2D eigenvalue weighted by atomic mass is 10.1. The Hall–Kier alpha value is -2.92. The number of carbonyl (C=O) groups excluding carboxylic acids is 1. The number of likely N-dealkylation sites (N-methyl/N-ethyl adjacent to an activating group) is 1. The van der Waals surface area contributed by atoms with Crippen LogP contribution in [0.2, 0.25) is 0 Å². The fraction of sp³-hybridized carbons (Fsp3) is 0.333. The lowest BCUT2D eigenvalue weighted by Crippen LogP contribution is -3.14. The highest BCUT2D eigenvalue weighted by atomic mass is 16.2. The van der Waals surface area contributed by atoms with Crippen molar-refractivity contribution in [2.45, 2.75) is 32.4 Å². The average Bonchev–Trinajstić information content (AvgIpc) is 3.43. The molecule has 1 aliphatic rings. The smallest absolute Gasteiger partial charge is 0.254 e. The molecule has 0 spiro atoms. The van der Waals surface area contributed by atoms with Gasteiger partial charge >= 0.3 is 0 Å². The van der Waals surface area contributed by atoms with Crippen molar-refractivity contribution in [1.82, 2.24) is 15.1 Å². The maximum atomic E-state index is 13.4. The molecule has 2 N–H and O–H groups in total. The number of nitrogens with one attached hydrogen (secondary N) is 2. The standard InChI is InChI=1S/C24H28N4O/c1-2-27-15-9-14-22(27)18-28(24(29)20-12-7-4-8-13-20)17-21-16-25-26-23(21)19-10-5-3-6-11-19/h3-8,10-13,16,22H,2,9,14-15,17-18H2,1H3,(H,25,26)/p+1/t22-/m1/s1. The molecule has 1 aliphatic heterocycles. The Morgan fingerprint density at radius 2 is 1.86 bits per heavy atom. The molecule has 5 nitrogen and oxygen atoms in total. The van der Waals surface area contributed by atoms with E-state index < -0.39 is 0 Å². The van der Waals surface area contributed by atoms with E-state index in [-0.39, 0.29) is 5.91 Å². The SMILES string of the molecule is CC[NH+]1CCC[C@@H]1CN(Cc1cn[nH]c1-c1ccccc1)C(=O)c1ccccc1. The van der Waals surface area contributed by atoms with Gasteiger partial charge in [-0.2, -0.15) is 5.10 Å². The highest BCUT2D eigenvalue weighted by Gasteiger charge is 2.31. The van der Waals surface area contributed by atoms with Gasteiger partial charge in [0, 0.05) is 30.5 Å². The maximum Gasteiger partial charge on any atom is 0.254 e. The third-order valence-electron chi connectivity index (χ3n) is 5.97. The van der Waals surface area contributed by atoms with E-state index in [4.69, 9.17) is 0 Å². The van der Waals surface area contributed by atoms with Crippen molar-refractivity contribution in [3.8, 4) is 11.3 Å². The van der Waals surface area contributed by atoms with E-state index in [1.807, 2.05) is 59.6 Å². The molecule has 0 bridgehead atoms. The minimum atomic E-state index is 0.0909. The molecule has 1 unspecified atom stereocenters. The van der Waals surface area contributed by atoms with Gasteiger partial charge < -0.3 is 9.80 Å². The van der Waals surface area contributed by atoms with Gasteiger partial charge in [-0.15, -0.1) is 0 Å². The summed E-state index contributed by atoms with van der Waals surface area (Å²) in [5, 5.41) is 7.40. The second-order valence-electron chi connectivity index (χ2n) is 7.79. The van der Waals surface area contributed by atoms with Crippen LogP contribution in [-0.2, 0) is 6.54 Å². The summed E-state index contributed by atoms with van der Waals surface area (Å²) in [6.07, 6.45) is 4.27. The van der Waals surface area contributed by atoms with Crippen LogP contribution in [0.3, 0.4) is 0 Å². The van der Waals surface area contributed by atoms with Gasteiger partial charge in [-0.05, 0) is 24.6 Å². The van der Waals surface area contributed by atoms with Crippen molar-refractivity contribution in [1.29, 1.82) is 0 Å². The lowest BCUT2D eigenvalue weighted by molar-refractivity contribution is -0.909. The number of rotatable bonds is 7. The normalized spacial score (nSPS) is 18.7. The van der Waals surface area contributed by atoms with E-state index in [1.165, 1.54) is 19.4 Å². The first-order valence-electron chi connectivity index (χ1n) is 10.5. The van der Waals surface area contributed by atoms with E-state index in [2.05, 4.69) is 29.3 Å². The van der Waals surface area contributed by atoms with Crippen LogP contribution < -0.4 is 4.90 Å². The molecular formula is C24H29N4O+. The molecule has 150 valence electrons. The fourth-order valence-electron chi connectivity index (χ4n) is 4.41. The van der Waals surface area contributed by atoms with Crippen LogP contribution in [-0.4, -0.2) is 46.7 Å². The molecule has 1 saturated heterocycles. The Morgan fingerprint density at radius 3 is 2.59 bits per heavy atom. The molecule has 0 radical (unpaired) electrons. The van der Waals surface area contributed by atoms with Gasteiger partial charge in [0.25, 0.3) is 5.91 Å². The van der Waals surface area contributed by atoms with Crippen molar-refractivity contribution in [3.05, 3.63) is 78.0 Å². The number of benzene rings is 2. The van der Waals surface area contributed by atoms with Crippen LogP contribution in [0.5, 0.6) is 0 Å². The molecule has 1 fully saturated rings. The molecule has 29 heavy (non-hydrogen) atoms. The number of aromatic amines is 1. The number of H-pyrrole nitrogens is 1. The summed E-state index contributed by atoms with van der Waals surface area (Å²) in [5.41, 5.74) is 3.88. The van der Waals surface area contributed by atoms with Crippen LogP contribution in [0.4, 0.5) is 0 Å². The van der Waals surface area contributed by atoms with E-state index >= 15 is 0 Å². The molecule has 1 amide bonds. The van der Waals surface area contributed by atoms with E-state index in [0.717, 1.165) is 35.5 Å². The van der Waals surface area contributed by atoms with Crippen molar-refractivity contribution < 1.29 is 9.69 Å². The highest BCUT2D eigenvalue weighted by molar-refractivity contribution is 5.94. The van der Waals surface area contributed by atoms with Crippen molar-refractivity contribution >= 4 is 5.91 Å². The third-order valence-corrected chi connectivity index (χ3v) is 5.97. The van der Waals surface area contributed by atoms with Crippen LogP contribution in [0, 0.1) is 0 Å². The predicted molar refractivity (Wildman–Crippen MR) is 115 cm³/mol. The Balaban J connectivity index is 1.61. The maximum absolute atomic E-state index is 13.4. The van der Waals surface area contributed by atoms with E-state index in [9.17, 15) is 4.79 Å². The Labute approximate surface area is 172 Å². The molecule has 2 heterocycles. The fourth-order valence-corrected chi connectivity index (χ4v) is 4.41. The number of carbonyl (C=O) groups is 1. The first kappa shape index (κ1) is 19.4. The zero-order chi connectivity index (χ0) is 20.1. The van der Waals surface area contributed by atoms with E-state index in [1.54, 1.807) is 4.90 Å². The van der Waals surface area contributed by atoms with Crippen LogP contribution in [0.15, 0.2) is 66.9 Å². The third kappa shape index (κ3) is 4.40. The van der Waals surface area contributed by atoms with Crippen molar-refractivity contribution in [2.24, 2.45) is 0 Å². The Morgan fingerprint density at radius 1 is 1.14 bits per heavy atom. The van der Waals surface area contributed by atoms with Gasteiger partial charge in [-0.3, -0.25) is 9.89 Å². The van der Waals surface area contributed by atoms with E-state index in [0.29, 0.717) is 12.6 Å². The van der Waals surface area contributed by atoms with Gasteiger partial charge in [0.2, 0.25) is 0 Å². The monoisotopic (exact) mass is 389 g/mol. The zero-order valence-corrected chi connectivity index (χ0v) is 17.0. The molecule has 2 atom stereocenters. The highest BCUT2D eigenvalue weighted by Crippen LogP contribution is 2.23. The summed E-state index contributed by atoms with van der Waals surface area (Å²) in [7, 11) is 0. The molecule has 3 aromatic rings. The quantitative estimate of drug-likeness (QED) is 0.653. The average molecular weight is 390 g/mol. The molecule has 1 aromatic heterocycles. The molecular weight excluding hydrogens is 360 g/mol. The van der Waals surface area contributed by atoms with Crippen molar-refractivity contribution in [2.75, 3.05) is 19.6 Å². The summed E-state index contributed by atoms with van der Waals surface area (Å²) in [5.74, 6) is 0.0909. The predicted octanol–water partition coefficient (Wildman–Crippen LogP) is 2.79. The number of hydrogen-bond acceptors (Lipinski definition) is 2. The first-order chi connectivity index (χ1) is 14.3. The second-order valence-corrected chi connectivity index (χ2v) is 7.79. The number of aromatic nitrogens is 2. The molecule has 2 aromatic carbocycles. The summed E-state index contributed by atoms with van der Waals surface area (Å²) < 4.78 is 0. The number of nitrogens with zero attached hydrogens (tertiary/aromatic N) is 2. The molecule has 5 heteroatoms. The first-order valence-corrected chi connectivity index (χ1v) is 10.5. The Kier molecular flexibility index (Phi) is 6.06. The minimum Gasteiger partial charge on any atom is -0.331 e. The van der Waals surface area contributed by atoms with Gasteiger partial charge in [0.1, 0.15) is 6.04 Å². The zero-order valence-electron chi connectivity index (χ0n) is 17.0. The summed E-state index contributed by atoms with van der Waals surface area (Å²) in [6.45, 7) is 5.88. The molecule has 4 rings (SSSR count). The van der Waals surface area contributed by atoms with Crippen LogP contribution >= 0.6 is 0 Å². The topological polar surface area (TPSA) is 53.4 Å². The van der Waals surface area contributed by atoms with Crippen LogP contribution in [0.25, 0.3) is 11.3 Å². The molecule has 0 aliphatic carbocycles. The summed E-state index contributed by atoms with van der Waals surface area (Å²) in [4.78, 5) is 17.0. The summed E-state index contributed by atoms with van der Waals surface area (Å²) >= 11 is 0. The number of amides is 1. The summed E-state index contributed by atoms with van der Waals surface area (Å²) in [6, 6.07) is 20.3. The number of likely N-dealkylation sites (tertiary alicyclic amines) is 1. The number of quaternary nitrogens is 1. The Bertz CT molecular complexity index is 922. The second kappa shape index (κ2) is 9.05. The van der Waals surface area contributed by atoms with Gasteiger partial charge in [-0.1, -0.05) is 48.5 Å². The number of hydrogen-bond donors (Lipinski definition) is 2. The van der Waals surface area contributed by atoms with Crippen molar-refractivity contribution in [3.63, 3.8) is 0 Å². The van der Waals surface area contributed by atoms with Gasteiger partial charge in [0.05, 0.1) is 31.5 Å². The molecule has 0 saturated carbocycles. The van der Waals surface area contributed by atoms with Gasteiger partial charge in [0.15, 0.2) is 0 Å².